The Morgan fingerprint density at radius 3 is 2.64 bits per heavy atom. The molecule has 2 N–H and O–H groups in total. The van der Waals surface area contributed by atoms with Crippen LogP contribution >= 0.6 is 23.2 Å². The average Bonchev–Trinajstić information content (AvgIpc) is 2.10. The molecule has 0 aliphatic carbocycles. The van der Waals surface area contributed by atoms with Crippen molar-refractivity contribution in [3.8, 4) is 0 Å². The third-order valence-corrected chi connectivity index (χ3v) is 2.49. The van der Waals surface area contributed by atoms with Crippen molar-refractivity contribution in [1.82, 2.24) is 5.32 Å². The number of aliphatic hydroxyl groups excluding tert-OH is 1. The SMILES string of the molecule is C[C@H](O)CNCc1ccc(Cl)c(Cl)c1. The molecule has 1 rings (SSSR count). The summed E-state index contributed by atoms with van der Waals surface area (Å²) in [5, 5.41) is 13.2. The lowest BCUT2D eigenvalue weighted by molar-refractivity contribution is 0.191. The van der Waals surface area contributed by atoms with E-state index in [1.165, 1.54) is 0 Å². The molecule has 0 saturated heterocycles. The van der Waals surface area contributed by atoms with Gasteiger partial charge in [0.25, 0.3) is 0 Å². The molecule has 0 amide bonds. The van der Waals surface area contributed by atoms with Gasteiger partial charge >= 0.3 is 0 Å². The van der Waals surface area contributed by atoms with Crippen molar-refractivity contribution in [2.45, 2.75) is 19.6 Å². The van der Waals surface area contributed by atoms with Crippen LogP contribution in [0.1, 0.15) is 12.5 Å². The molecule has 78 valence electrons. The van der Waals surface area contributed by atoms with E-state index in [0.29, 0.717) is 23.1 Å². The maximum absolute atomic E-state index is 9.02. The van der Waals surface area contributed by atoms with E-state index in [1.54, 1.807) is 13.0 Å². The van der Waals surface area contributed by atoms with Crippen molar-refractivity contribution in [3.63, 3.8) is 0 Å². The summed E-state index contributed by atoms with van der Waals surface area (Å²) in [4.78, 5) is 0. The molecule has 0 aromatic heterocycles. The van der Waals surface area contributed by atoms with Gasteiger partial charge in [0, 0.05) is 13.1 Å². The quantitative estimate of drug-likeness (QED) is 0.838. The maximum Gasteiger partial charge on any atom is 0.0636 e. The van der Waals surface area contributed by atoms with E-state index >= 15 is 0 Å². The third-order valence-electron chi connectivity index (χ3n) is 1.75. The highest BCUT2D eigenvalue weighted by Crippen LogP contribution is 2.22. The van der Waals surface area contributed by atoms with Crippen LogP contribution in [0.25, 0.3) is 0 Å². The van der Waals surface area contributed by atoms with Gasteiger partial charge in [-0.1, -0.05) is 29.3 Å². The summed E-state index contributed by atoms with van der Waals surface area (Å²) in [6.45, 7) is 2.99. The van der Waals surface area contributed by atoms with Crippen LogP contribution in [0.4, 0.5) is 0 Å². The normalized spacial score (nSPS) is 12.9. The summed E-state index contributed by atoms with van der Waals surface area (Å²) >= 11 is 11.6. The molecule has 0 fully saturated rings. The van der Waals surface area contributed by atoms with Crippen LogP contribution in [-0.4, -0.2) is 17.8 Å². The zero-order valence-electron chi connectivity index (χ0n) is 7.93. The first kappa shape index (κ1) is 11.8. The zero-order chi connectivity index (χ0) is 10.6. The third kappa shape index (κ3) is 3.84. The largest absolute Gasteiger partial charge is 0.392 e. The second kappa shape index (κ2) is 5.56. The van der Waals surface area contributed by atoms with Gasteiger partial charge in [0.1, 0.15) is 0 Å². The molecule has 0 unspecified atom stereocenters. The minimum atomic E-state index is -0.335. The molecular weight excluding hydrogens is 221 g/mol. The van der Waals surface area contributed by atoms with Gasteiger partial charge in [-0.2, -0.15) is 0 Å². The molecule has 0 aliphatic rings. The van der Waals surface area contributed by atoms with Crippen LogP contribution in [0.5, 0.6) is 0 Å². The molecule has 0 heterocycles. The van der Waals surface area contributed by atoms with Crippen molar-refractivity contribution < 1.29 is 5.11 Å². The number of benzene rings is 1. The minimum Gasteiger partial charge on any atom is -0.392 e. The second-order valence-electron chi connectivity index (χ2n) is 3.23. The predicted molar refractivity (Wildman–Crippen MR) is 59.8 cm³/mol. The number of hydrogen-bond acceptors (Lipinski definition) is 2. The summed E-state index contributed by atoms with van der Waals surface area (Å²) in [6, 6.07) is 5.49. The van der Waals surface area contributed by atoms with E-state index < -0.39 is 0 Å². The molecule has 0 aliphatic heterocycles. The molecule has 14 heavy (non-hydrogen) atoms. The Balaban J connectivity index is 2.47. The van der Waals surface area contributed by atoms with E-state index in [9.17, 15) is 0 Å². The van der Waals surface area contributed by atoms with Gasteiger partial charge < -0.3 is 10.4 Å². The lowest BCUT2D eigenvalue weighted by Crippen LogP contribution is -2.23. The standard InChI is InChI=1S/C10H13Cl2NO/c1-7(14)5-13-6-8-2-3-9(11)10(12)4-8/h2-4,7,13-14H,5-6H2,1H3/t7-/m0/s1. The summed E-state index contributed by atoms with van der Waals surface area (Å²) in [5.41, 5.74) is 1.06. The van der Waals surface area contributed by atoms with Crippen LogP contribution < -0.4 is 5.32 Å². The number of hydrogen-bond donors (Lipinski definition) is 2. The first-order chi connectivity index (χ1) is 6.59. The molecule has 1 atom stereocenters. The van der Waals surface area contributed by atoms with Gasteiger partial charge in [-0.25, -0.2) is 0 Å². The Bertz CT molecular complexity index is 302. The molecule has 4 heteroatoms. The monoisotopic (exact) mass is 233 g/mol. The fourth-order valence-electron chi connectivity index (χ4n) is 1.07. The number of nitrogens with one attached hydrogen (secondary N) is 1. The summed E-state index contributed by atoms with van der Waals surface area (Å²) in [7, 11) is 0. The Morgan fingerprint density at radius 2 is 2.07 bits per heavy atom. The number of aliphatic hydroxyl groups is 1. The Hall–Kier alpha value is -0.280. The van der Waals surface area contributed by atoms with Gasteiger partial charge in [0.15, 0.2) is 0 Å². The first-order valence-electron chi connectivity index (χ1n) is 4.42. The molecule has 1 aromatic carbocycles. The van der Waals surface area contributed by atoms with Gasteiger partial charge in [-0.05, 0) is 24.6 Å². The van der Waals surface area contributed by atoms with Gasteiger partial charge in [0.05, 0.1) is 16.1 Å². The van der Waals surface area contributed by atoms with E-state index in [-0.39, 0.29) is 6.10 Å². The smallest absolute Gasteiger partial charge is 0.0636 e. The number of halogens is 2. The molecule has 0 bridgehead atoms. The van der Waals surface area contributed by atoms with Crippen LogP contribution in [0, 0.1) is 0 Å². The molecule has 2 nitrogen and oxygen atoms in total. The van der Waals surface area contributed by atoms with Gasteiger partial charge in [-0.3, -0.25) is 0 Å². The zero-order valence-corrected chi connectivity index (χ0v) is 9.44. The summed E-state index contributed by atoms with van der Waals surface area (Å²) in [6.07, 6.45) is -0.335. The second-order valence-corrected chi connectivity index (χ2v) is 4.04. The first-order valence-corrected chi connectivity index (χ1v) is 5.18. The van der Waals surface area contributed by atoms with Crippen molar-refractivity contribution >= 4 is 23.2 Å². The highest BCUT2D eigenvalue weighted by Gasteiger charge is 2.00. The van der Waals surface area contributed by atoms with Crippen molar-refractivity contribution in [3.05, 3.63) is 33.8 Å². The molecule has 0 saturated carbocycles. The summed E-state index contributed by atoms with van der Waals surface area (Å²) in [5.74, 6) is 0. The van der Waals surface area contributed by atoms with Crippen LogP contribution in [0.15, 0.2) is 18.2 Å². The van der Waals surface area contributed by atoms with Crippen LogP contribution in [0.2, 0.25) is 10.0 Å². The van der Waals surface area contributed by atoms with E-state index in [4.69, 9.17) is 28.3 Å². The Morgan fingerprint density at radius 1 is 1.36 bits per heavy atom. The average molecular weight is 234 g/mol. The van der Waals surface area contributed by atoms with Crippen molar-refractivity contribution in [2.24, 2.45) is 0 Å². The number of rotatable bonds is 4. The Labute approximate surface area is 93.8 Å². The Kier molecular flexibility index (Phi) is 4.69. The van der Waals surface area contributed by atoms with Crippen molar-refractivity contribution in [2.75, 3.05) is 6.54 Å². The maximum atomic E-state index is 9.02. The van der Waals surface area contributed by atoms with E-state index in [0.717, 1.165) is 5.56 Å². The highest BCUT2D eigenvalue weighted by atomic mass is 35.5. The van der Waals surface area contributed by atoms with Crippen LogP contribution in [0.3, 0.4) is 0 Å². The molecular formula is C10H13Cl2NO. The van der Waals surface area contributed by atoms with E-state index in [1.807, 2.05) is 12.1 Å². The lowest BCUT2D eigenvalue weighted by Gasteiger charge is -2.07. The van der Waals surface area contributed by atoms with Crippen LogP contribution in [-0.2, 0) is 6.54 Å². The van der Waals surface area contributed by atoms with E-state index in [2.05, 4.69) is 5.32 Å². The molecule has 0 spiro atoms. The predicted octanol–water partition coefficient (Wildman–Crippen LogP) is 2.46. The van der Waals surface area contributed by atoms with Crippen molar-refractivity contribution in [1.29, 1.82) is 0 Å². The highest BCUT2D eigenvalue weighted by molar-refractivity contribution is 6.42. The lowest BCUT2D eigenvalue weighted by atomic mass is 10.2. The fourth-order valence-corrected chi connectivity index (χ4v) is 1.40. The van der Waals surface area contributed by atoms with Gasteiger partial charge in [0.2, 0.25) is 0 Å². The fraction of sp³-hybridized carbons (Fsp3) is 0.400. The summed E-state index contributed by atoms with van der Waals surface area (Å²) < 4.78 is 0. The minimum absolute atomic E-state index is 0.335. The molecule has 0 radical (unpaired) electrons. The molecule has 1 aromatic rings. The topological polar surface area (TPSA) is 32.3 Å². The van der Waals surface area contributed by atoms with Gasteiger partial charge in [-0.15, -0.1) is 0 Å².